The van der Waals surface area contributed by atoms with Crippen molar-refractivity contribution in [2.75, 3.05) is 0 Å². The first kappa shape index (κ1) is 12.2. The molecule has 3 nitrogen and oxygen atoms in total. The maximum absolute atomic E-state index is 10.6. The number of rotatable bonds is 3. The van der Waals surface area contributed by atoms with Crippen LogP contribution < -0.4 is 0 Å². The van der Waals surface area contributed by atoms with Gasteiger partial charge in [-0.25, -0.2) is 0 Å². The number of aliphatic hydroxyl groups is 1. The molecule has 0 aromatic carbocycles. The largest absolute Gasteiger partial charge is 0.481 e. The molecule has 0 heterocycles. The number of hydrogen-bond donors (Lipinski definition) is 2. The van der Waals surface area contributed by atoms with Gasteiger partial charge in [0.15, 0.2) is 0 Å². The molecule has 0 aromatic heterocycles. The maximum Gasteiger partial charge on any atom is 0.303 e. The van der Waals surface area contributed by atoms with E-state index in [2.05, 4.69) is 31.9 Å². The monoisotopic (exact) mass is 326 g/mol. The highest BCUT2D eigenvalue weighted by Gasteiger charge is 2.35. The minimum absolute atomic E-state index is 0.0373. The van der Waals surface area contributed by atoms with Gasteiger partial charge >= 0.3 is 5.97 Å². The predicted molar refractivity (Wildman–Crippen MR) is 60.4 cm³/mol. The molecule has 1 fully saturated rings. The zero-order chi connectivity index (χ0) is 10.7. The predicted octanol–water partition coefficient (Wildman–Crippen LogP) is 2.48. The summed E-state index contributed by atoms with van der Waals surface area (Å²) in [5, 5.41) is 18.3. The Bertz CT molecular complexity index is 248. The van der Waals surface area contributed by atoms with Crippen LogP contribution in [0.5, 0.6) is 0 Å². The summed E-state index contributed by atoms with van der Waals surface area (Å²) in [5.74, 6) is -0.854. The Balaban J connectivity index is 2.66. The molecule has 1 aliphatic carbocycles. The third kappa shape index (κ3) is 3.37. The van der Waals surface area contributed by atoms with E-state index in [1.165, 1.54) is 0 Å². The highest BCUT2D eigenvalue weighted by Crippen LogP contribution is 2.37. The fraction of sp³-hybridized carbons (Fsp3) is 0.667. The molecule has 14 heavy (non-hydrogen) atoms. The summed E-state index contributed by atoms with van der Waals surface area (Å²) in [7, 11) is 0. The lowest BCUT2D eigenvalue weighted by Gasteiger charge is -2.17. The third-order valence-corrected chi connectivity index (χ3v) is 3.12. The summed E-state index contributed by atoms with van der Waals surface area (Å²) in [5.41, 5.74) is 0. The number of carboxylic acids is 1. The molecule has 0 bridgehead atoms. The summed E-state index contributed by atoms with van der Waals surface area (Å²) in [4.78, 5) is 10.6. The first-order valence-electron chi connectivity index (χ1n) is 4.43. The lowest BCUT2D eigenvalue weighted by atomic mass is 9.92. The third-order valence-electron chi connectivity index (χ3n) is 2.59. The fourth-order valence-corrected chi connectivity index (χ4v) is 2.61. The van der Waals surface area contributed by atoms with E-state index in [0.29, 0.717) is 6.42 Å². The van der Waals surface area contributed by atoms with Crippen molar-refractivity contribution in [3.8, 4) is 0 Å². The molecule has 1 aliphatic rings. The van der Waals surface area contributed by atoms with Gasteiger partial charge in [-0.2, -0.15) is 0 Å². The van der Waals surface area contributed by atoms with E-state index in [0.717, 1.165) is 9.81 Å². The average Bonchev–Trinajstić information content (AvgIpc) is 2.34. The van der Waals surface area contributed by atoms with Crippen LogP contribution in [0.25, 0.3) is 0 Å². The van der Waals surface area contributed by atoms with Crippen molar-refractivity contribution < 1.29 is 15.0 Å². The molecule has 2 N–H and O–H groups in total. The van der Waals surface area contributed by atoms with Gasteiger partial charge in [-0.15, -0.1) is 0 Å². The number of aliphatic carboxylic acids is 1. The minimum Gasteiger partial charge on any atom is -0.481 e. The summed E-state index contributed by atoms with van der Waals surface area (Å²) >= 11 is 6.49. The summed E-state index contributed by atoms with van der Waals surface area (Å²) < 4.78 is 0.819. The van der Waals surface area contributed by atoms with Gasteiger partial charge in [-0.3, -0.25) is 4.79 Å². The van der Waals surface area contributed by atoms with Crippen molar-refractivity contribution in [3.05, 3.63) is 9.47 Å². The first-order valence-corrected chi connectivity index (χ1v) is 6.02. The molecule has 0 aliphatic heterocycles. The Morgan fingerprint density at radius 2 is 2.07 bits per heavy atom. The molecular formula is C9H12Br2O3. The zero-order valence-electron chi connectivity index (χ0n) is 7.49. The van der Waals surface area contributed by atoms with Gasteiger partial charge in [0.1, 0.15) is 0 Å². The van der Waals surface area contributed by atoms with Crippen LogP contribution in [0.3, 0.4) is 0 Å². The van der Waals surface area contributed by atoms with Crippen LogP contribution >= 0.6 is 31.9 Å². The molecule has 0 saturated heterocycles. The number of halogens is 2. The fourth-order valence-electron chi connectivity index (χ4n) is 1.93. The summed E-state index contributed by atoms with van der Waals surface area (Å²) in [6, 6.07) is 0. The van der Waals surface area contributed by atoms with E-state index in [1.54, 1.807) is 0 Å². The Morgan fingerprint density at radius 1 is 1.43 bits per heavy atom. The molecule has 3 atom stereocenters. The standard InChI is InChI=1S/C9H12Br2O3/c10-8(11)3-5-1-2-7(12)6(5)4-9(13)14/h3,5-7,12H,1-2,4H2,(H,13,14)/t5-,6-,7+/m1/s1. The van der Waals surface area contributed by atoms with Gasteiger partial charge in [0, 0.05) is 5.92 Å². The van der Waals surface area contributed by atoms with E-state index in [-0.39, 0.29) is 18.3 Å². The van der Waals surface area contributed by atoms with Crippen LogP contribution in [-0.4, -0.2) is 22.3 Å². The van der Waals surface area contributed by atoms with Crippen LogP contribution in [0.2, 0.25) is 0 Å². The van der Waals surface area contributed by atoms with Gasteiger partial charge in [0.2, 0.25) is 0 Å². The summed E-state index contributed by atoms with van der Waals surface area (Å²) in [6.45, 7) is 0. The van der Waals surface area contributed by atoms with Gasteiger partial charge in [-0.05, 0) is 50.6 Å². The number of hydrogen-bond acceptors (Lipinski definition) is 2. The van der Waals surface area contributed by atoms with Crippen LogP contribution in [0, 0.1) is 11.8 Å². The van der Waals surface area contributed by atoms with Crippen molar-refractivity contribution in [3.63, 3.8) is 0 Å². The Morgan fingerprint density at radius 3 is 2.57 bits per heavy atom. The highest BCUT2D eigenvalue weighted by molar-refractivity contribution is 9.28. The molecule has 0 amide bonds. The van der Waals surface area contributed by atoms with Crippen LogP contribution in [0.1, 0.15) is 19.3 Å². The van der Waals surface area contributed by atoms with Crippen LogP contribution in [-0.2, 0) is 4.79 Å². The Labute approximate surface area is 99.4 Å². The first-order chi connectivity index (χ1) is 6.50. The quantitative estimate of drug-likeness (QED) is 0.837. The van der Waals surface area contributed by atoms with Gasteiger partial charge in [0.25, 0.3) is 0 Å². The summed E-state index contributed by atoms with van der Waals surface area (Å²) in [6.07, 6.45) is 3.01. The normalized spacial score (nSPS) is 31.5. The molecule has 5 heteroatoms. The SMILES string of the molecule is O=C(O)C[C@H]1[C@@H](O)CC[C@@H]1C=C(Br)Br. The molecule has 1 rings (SSSR count). The van der Waals surface area contributed by atoms with Gasteiger partial charge in [0.05, 0.1) is 15.9 Å². The second-order valence-corrected chi connectivity index (χ2v) is 6.30. The van der Waals surface area contributed by atoms with Crippen molar-refractivity contribution in [2.24, 2.45) is 11.8 Å². The minimum atomic E-state index is -0.847. The molecular weight excluding hydrogens is 316 g/mol. The molecule has 80 valence electrons. The Hall–Kier alpha value is 0.130. The van der Waals surface area contributed by atoms with Crippen molar-refractivity contribution in [2.45, 2.75) is 25.4 Å². The smallest absolute Gasteiger partial charge is 0.303 e. The Kier molecular flexibility index (Phi) is 4.60. The van der Waals surface area contributed by atoms with E-state index in [1.807, 2.05) is 6.08 Å². The van der Waals surface area contributed by atoms with Crippen LogP contribution in [0.4, 0.5) is 0 Å². The number of aliphatic hydroxyl groups excluding tert-OH is 1. The maximum atomic E-state index is 10.6. The number of carbonyl (C=O) groups is 1. The van der Waals surface area contributed by atoms with Crippen LogP contribution in [0.15, 0.2) is 9.47 Å². The molecule has 1 saturated carbocycles. The molecule has 0 aromatic rings. The van der Waals surface area contributed by atoms with E-state index < -0.39 is 12.1 Å². The lowest BCUT2D eigenvalue weighted by Crippen LogP contribution is -2.21. The van der Waals surface area contributed by atoms with Gasteiger partial charge < -0.3 is 10.2 Å². The molecule has 0 unspecified atom stereocenters. The second-order valence-electron chi connectivity index (χ2n) is 3.53. The van der Waals surface area contributed by atoms with Crippen molar-refractivity contribution in [1.29, 1.82) is 0 Å². The second kappa shape index (κ2) is 5.28. The number of allylic oxidation sites excluding steroid dienone is 1. The molecule has 0 spiro atoms. The zero-order valence-corrected chi connectivity index (χ0v) is 10.7. The topological polar surface area (TPSA) is 57.5 Å². The number of carboxylic acid groups (broad SMARTS) is 1. The van der Waals surface area contributed by atoms with Crippen molar-refractivity contribution in [1.82, 2.24) is 0 Å². The van der Waals surface area contributed by atoms with E-state index in [9.17, 15) is 9.90 Å². The van der Waals surface area contributed by atoms with Crippen molar-refractivity contribution >= 4 is 37.8 Å². The van der Waals surface area contributed by atoms with E-state index in [4.69, 9.17) is 5.11 Å². The van der Waals surface area contributed by atoms with Gasteiger partial charge in [-0.1, -0.05) is 6.08 Å². The molecule has 0 radical (unpaired) electrons. The lowest BCUT2D eigenvalue weighted by molar-refractivity contribution is -0.139. The van der Waals surface area contributed by atoms with E-state index >= 15 is 0 Å². The highest BCUT2D eigenvalue weighted by atomic mass is 79.9. The average molecular weight is 328 g/mol.